The highest BCUT2D eigenvalue weighted by Gasteiger charge is 2.21. The Bertz CT molecular complexity index is 774. The number of ether oxygens (including phenoxy) is 1. The minimum Gasteiger partial charge on any atom is -0.468 e. The number of hydrogen-bond acceptors (Lipinski definition) is 6. The summed E-state index contributed by atoms with van der Waals surface area (Å²) in [6.07, 6.45) is 1.48. The lowest BCUT2D eigenvalue weighted by atomic mass is 10.4. The lowest BCUT2D eigenvalue weighted by Gasteiger charge is -2.06. The van der Waals surface area contributed by atoms with Crippen LogP contribution in [-0.2, 0) is 25.1 Å². The fourth-order valence-electron chi connectivity index (χ4n) is 1.58. The van der Waals surface area contributed by atoms with Crippen molar-refractivity contribution in [2.75, 3.05) is 12.9 Å². The maximum atomic E-state index is 11.9. The average Bonchev–Trinajstić information content (AvgIpc) is 2.70. The van der Waals surface area contributed by atoms with Crippen LogP contribution in [0, 0.1) is 0 Å². The van der Waals surface area contributed by atoms with E-state index in [0.717, 1.165) is 7.11 Å². The molecule has 0 spiro atoms. The first-order valence-corrected chi connectivity index (χ1v) is 8.27. The molecule has 2 aromatic heterocycles. The second-order valence-electron chi connectivity index (χ2n) is 3.91. The van der Waals surface area contributed by atoms with Crippen molar-refractivity contribution in [1.29, 1.82) is 0 Å². The number of esters is 1. The molecule has 0 aliphatic rings. The third-order valence-electron chi connectivity index (χ3n) is 2.40. The van der Waals surface area contributed by atoms with Crippen LogP contribution in [0.3, 0.4) is 0 Å². The minimum atomic E-state index is -3.68. The van der Waals surface area contributed by atoms with Crippen LogP contribution in [-0.4, -0.2) is 41.8 Å². The van der Waals surface area contributed by atoms with Gasteiger partial charge < -0.3 is 4.74 Å². The van der Waals surface area contributed by atoms with E-state index in [0.29, 0.717) is 15.8 Å². The van der Waals surface area contributed by atoms with Gasteiger partial charge in [-0.1, -0.05) is 11.6 Å². The first-order valence-electron chi connectivity index (χ1n) is 5.28. The van der Waals surface area contributed by atoms with Crippen molar-refractivity contribution >= 4 is 49.0 Å². The Hall–Kier alpha value is -1.19. The molecule has 0 amide bonds. The summed E-state index contributed by atoms with van der Waals surface area (Å²) >= 11 is 9.09. The Kier molecular flexibility index (Phi) is 4.31. The van der Waals surface area contributed by atoms with Crippen molar-refractivity contribution in [2.45, 2.75) is 5.75 Å². The van der Waals surface area contributed by atoms with Crippen LogP contribution in [0.15, 0.2) is 16.7 Å². The van der Waals surface area contributed by atoms with E-state index in [1.54, 1.807) is 0 Å². The molecule has 7 nitrogen and oxygen atoms in total. The molecule has 2 aromatic rings. The van der Waals surface area contributed by atoms with Crippen LogP contribution in [0.2, 0.25) is 5.15 Å². The fourth-order valence-corrected chi connectivity index (χ4v) is 3.37. The van der Waals surface area contributed by atoms with Crippen LogP contribution in [0.4, 0.5) is 0 Å². The van der Waals surface area contributed by atoms with E-state index in [1.807, 2.05) is 0 Å². The molecular formula is C10H9BrClN3O4S. The van der Waals surface area contributed by atoms with Crippen LogP contribution in [0.1, 0.15) is 5.69 Å². The second-order valence-corrected chi connectivity index (χ2v) is 7.21. The van der Waals surface area contributed by atoms with Gasteiger partial charge in [0.15, 0.2) is 15.5 Å². The summed E-state index contributed by atoms with van der Waals surface area (Å²) in [7, 11) is -2.55. The van der Waals surface area contributed by atoms with E-state index in [9.17, 15) is 13.2 Å². The molecule has 0 unspecified atom stereocenters. The molecule has 0 N–H and O–H groups in total. The van der Waals surface area contributed by atoms with Gasteiger partial charge in [0.2, 0.25) is 0 Å². The first kappa shape index (κ1) is 15.2. The highest BCUT2D eigenvalue weighted by atomic mass is 79.9. The van der Waals surface area contributed by atoms with E-state index < -0.39 is 27.3 Å². The molecule has 0 fully saturated rings. The average molecular weight is 383 g/mol. The highest BCUT2D eigenvalue weighted by molar-refractivity contribution is 9.10. The van der Waals surface area contributed by atoms with Gasteiger partial charge in [-0.05, 0) is 22.0 Å². The Balaban J connectivity index is 2.41. The van der Waals surface area contributed by atoms with Gasteiger partial charge in [0.25, 0.3) is 0 Å². The third kappa shape index (κ3) is 3.28. The minimum absolute atomic E-state index is 0.141. The number of fused-ring (bicyclic) bond motifs is 1. The molecule has 20 heavy (non-hydrogen) atoms. The van der Waals surface area contributed by atoms with Crippen LogP contribution in [0.25, 0.3) is 5.65 Å². The van der Waals surface area contributed by atoms with Gasteiger partial charge in [0, 0.05) is 0 Å². The Morgan fingerprint density at radius 1 is 1.55 bits per heavy atom. The summed E-state index contributed by atoms with van der Waals surface area (Å²) in [6, 6.07) is 1.39. The summed E-state index contributed by atoms with van der Waals surface area (Å²) < 4.78 is 30.1. The predicted octanol–water partition coefficient (Wildman–Crippen LogP) is 1.23. The number of sulfone groups is 1. The van der Waals surface area contributed by atoms with E-state index in [4.69, 9.17) is 11.6 Å². The molecule has 0 radical (unpaired) electrons. The van der Waals surface area contributed by atoms with Crippen LogP contribution < -0.4 is 0 Å². The number of methoxy groups -OCH3 is 1. The van der Waals surface area contributed by atoms with Gasteiger partial charge in [-0.15, -0.1) is 0 Å². The van der Waals surface area contributed by atoms with Crippen LogP contribution >= 0.6 is 27.5 Å². The van der Waals surface area contributed by atoms with Crippen molar-refractivity contribution < 1.29 is 17.9 Å². The first-order chi connectivity index (χ1) is 9.32. The van der Waals surface area contributed by atoms with E-state index in [2.05, 4.69) is 30.7 Å². The van der Waals surface area contributed by atoms with Crippen LogP contribution in [0.5, 0.6) is 0 Å². The Morgan fingerprint density at radius 2 is 2.25 bits per heavy atom. The molecule has 0 saturated heterocycles. The second kappa shape index (κ2) is 5.66. The molecule has 0 aliphatic heterocycles. The molecule has 0 aromatic carbocycles. The molecule has 0 aliphatic carbocycles. The molecular weight excluding hydrogens is 374 g/mol. The molecule has 10 heteroatoms. The zero-order valence-corrected chi connectivity index (χ0v) is 13.4. The summed E-state index contributed by atoms with van der Waals surface area (Å²) in [5.41, 5.74) is 0.718. The van der Waals surface area contributed by atoms with Crippen molar-refractivity contribution in [3.63, 3.8) is 0 Å². The smallest absolute Gasteiger partial charge is 0.320 e. The van der Waals surface area contributed by atoms with Gasteiger partial charge in [0.1, 0.15) is 10.9 Å². The van der Waals surface area contributed by atoms with Crippen molar-refractivity contribution in [3.8, 4) is 0 Å². The normalized spacial score (nSPS) is 11.8. The summed E-state index contributed by atoms with van der Waals surface area (Å²) in [5.74, 6) is -1.91. The van der Waals surface area contributed by atoms with Gasteiger partial charge in [-0.25, -0.2) is 17.9 Å². The maximum absolute atomic E-state index is 11.9. The quantitative estimate of drug-likeness (QED) is 0.583. The zero-order chi connectivity index (χ0) is 14.9. The predicted molar refractivity (Wildman–Crippen MR) is 75.2 cm³/mol. The number of halogens is 2. The third-order valence-corrected chi connectivity index (χ3v) is 4.57. The van der Waals surface area contributed by atoms with Gasteiger partial charge in [-0.3, -0.25) is 4.79 Å². The van der Waals surface area contributed by atoms with E-state index in [1.165, 1.54) is 16.8 Å². The monoisotopic (exact) mass is 381 g/mol. The van der Waals surface area contributed by atoms with E-state index in [-0.39, 0.29) is 5.15 Å². The van der Waals surface area contributed by atoms with Crippen molar-refractivity contribution in [1.82, 2.24) is 14.6 Å². The largest absolute Gasteiger partial charge is 0.468 e. The molecule has 0 bridgehead atoms. The van der Waals surface area contributed by atoms with Gasteiger partial charge in [0.05, 0.1) is 29.2 Å². The maximum Gasteiger partial charge on any atom is 0.320 e. The summed E-state index contributed by atoms with van der Waals surface area (Å²) in [6.45, 7) is 0. The molecule has 0 saturated carbocycles. The fraction of sp³-hybridized carbons (Fsp3) is 0.300. The standard InChI is InChI=1S/C10H9BrClN3O4S/c1-19-9(16)5-20(17,18)4-6-2-8(12)14-10-7(11)3-13-15(6)10/h2-3H,4-5H2,1H3. The van der Waals surface area contributed by atoms with Gasteiger partial charge >= 0.3 is 5.97 Å². The number of carbonyl (C=O) groups excluding carboxylic acids is 1. The number of hydrogen-bond donors (Lipinski definition) is 0. The van der Waals surface area contributed by atoms with Crippen molar-refractivity contribution in [2.24, 2.45) is 0 Å². The molecule has 0 atom stereocenters. The molecule has 2 rings (SSSR count). The Morgan fingerprint density at radius 3 is 2.90 bits per heavy atom. The summed E-state index contributed by atoms with van der Waals surface area (Å²) in [4.78, 5) is 15.1. The number of carbonyl (C=O) groups is 1. The lowest BCUT2D eigenvalue weighted by molar-refractivity contribution is -0.137. The topological polar surface area (TPSA) is 90.6 Å². The lowest BCUT2D eigenvalue weighted by Crippen LogP contribution is -2.20. The number of nitrogens with zero attached hydrogens (tertiary/aromatic N) is 3. The molecule has 2 heterocycles. The highest BCUT2D eigenvalue weighted by Crippen LogP contribution is 2.21. The van der Waals surface area contributed by atoms with E-state index >= 15 is 0 Å². The van der Waals surface area contributed by atoms with Gasteiger partial charge in [-0.2, -0.15) is 5.10 Å². The van der Waals surface area contributed by atoms with Crippen molar-refractivity contribution in [3.05, 3.63) is 27.6 Å². The summed E-state index contributed by atoms with van der Waals surface area (Å²) in [5, 5.41) is 4.15. The SMILES string of the molecule is COC(=O)CS(=O)(=O)Cc1cc(Cl)nc2c(Br)cnn12. The number of rotatable bonds is 4. The number of aromatic nitrogens is 3. The Labute approximate surface area is 127 Å². The zero-order valence-electron chi connectivity index (χ0n) is 10.2. The molecule has 108 valence electrons.